The van der Waals surface area contributed by atoms with Gasteiger partial charge in [-0.3, -0.25) is 4.98 Å². The number of urea groups is 1. The summed E-state index contributed by atoms with van der Waals surface area (Å²) in [5.41, 5.74) is 3.26. The summed E-state index contributed by atoms with van der Waals surface area (Å²) in [5, 5.41) is 3.00. The van der Waals surface area contributed by atoms with Crippen LogP contribution in [-0.4, -0.2) is 42.1 Å². The van der Waals surface area contributed by atoms with Crippen LogP contribution in [0.15, 0.2) is 48.7 Å². The predicted molar refractivity (Wildman–Crippen MR) is 101 cm³/mol. The molecule has 0 atom stereocenters. The summed E-state index contributed by atoms with van der Waals surface area (Å²) in [7, 11) is 2.14. The second-order valence-corrected chi connectivity index (χ2v) is 6.59. The number of aromatic nitrogens is 1. The molecule has 0 saturated carbocycles. The second-order valence-electron chi connectivity index (χ2n) is 6.59. The Morgan fingerprint density at radius 2 is 1.92 bits per heavy atom. The molecule has 132 valence electrons. The highest BCUT2D eigenvalue weighted by atomic mass is 16.2. The van der Waals surface area contributed by atoms with E-state index in [0.29, 0.717) is 12.6 Å². The van der Waals surface area contributed by atoms with Crippen molar-refractivity contribution in [3.63, 3.8) is 0 Å². The maximum Gasteiger partial charge on any atom is 0.317 e. The number of carbonyl (C=O) groups excluding carboxylic acids is 1. The van der Waals surface area contributed by atoms with Crippen molar-refractivity contribution < 1.29 is 4.79 Å². The van der Waals surface area contributed by atoms with Gasteiger partial charge < -0.3 is 15.1 Å². The zero-order valence-electron chi connectivity index (χ0n) is 15.0. The highest BCUT2D eigenvalue weighted by Crippen LogP contribution is 2.21. The number of carbonyl (C=O) groups is 1. The van der Waals surface area contributed by atoms with Gasteiger partial charge in [0.1, 0.15) is 0 Å². The molecular weight excluding hydrogens is 312 g/mol. The molecule has 1 aromatic carbocycles. The molecule has 2 aromatic rings. The number of rotatable bonds is 4. The van der Waals surface area contributed by atoms with E-state index < -0.39 is 0 Å². The Morgan fingerprint density at radius 3 is 2.60 bits per heavy atom. The molecular formula is C20H26N4O. The van der Waals surface area contributed by atoms with Crippen molar-refractivity contribution in [3.05, 3.63) is 59.9 Å². The van der Waals surface area contributed by atoms with Crippen LogP contribution < -0.4 is 10.2 Å². The Kier molecular flexibility index (Phi) is 5.53. The quantitative estimate of drug-likeness (QED) is 0.931. The Morgan fingerprint density at radius 1 is 1.20 bits per heavy atom. The van der Waals surface area contributed by atoms with Gasteiger partial charge in [-0.2, -0.15) is 0 Å². The molecule has 1 aromatic heterocycles. The zero-order chi connectivity index (χ0) is 17.6. The van der Waals surface area contributed by atoms with Crippen LogP contribution in [0.25, 0.3) is 0 Å². The van der Waals surface area contributed by atoms with Crippen LogP contribution in [0.2, 0.25) is 0 Å². The van der Waals surface area contributed by atoms with E-state index >= 15 is 0 Å². The number of nitrogens with one attached hydrogen (secondary N) is 1. The fourth-order valence-electron chi connectivity index (χ4n) is 3.30. The molecule has 1 fully saturated rings. The molecule has 5 nitrogen and oxygen atoms in total. The van der Waals surface area contributed by atoms with Gasteiger partial charge in [-0.05, 0) is 43.5 Å². The molecule has 1 aliphatic rings. The third-order valence-corrected chi connectivity index (χ3v) is 4.99. The lowest BCUT2D eigenvalue weighted by Crippen LogP contribution is -2.48. The first kappa shape index (κ1) is 17.3. The lowest BCUT2D eigenvalue weighted by atomic mass is 10.0. The maximum absolute atomic E-state index is 12.4. The van der Waals surface area contributed by atoms with Crippen molar-refractivity contribution in [1.29, 1.82) is 0 Å². The first-order chi connectivity index (χ1) is 12.1. The lowest BCUT2D eigenvalue weighted by molar-refractivity contribution is 0.180. The molecule has 1 saturated heterocycles. The van der Waals surface area contributed by atoms with E-state index in [1.54, 1.807) is 6.20 Å². The number of hydrogen-bond acceptors (Lipinski definition) is 3. The third-order valence-electron chi connectivity index (χ3n) is 4.99. The molecule has 2 heterocycles. The Balaban J connectivity index is 1.48. The third kappa shape index (κ3) is 4.29. The van der Waals surface area contributed by atoms with Crippen molar-refractivity contribution in [2.24, 2.45) is 0 Å². The minimum atomic E-state index is 0.00543. The molecule has 0 aliphatic carbocycles. The first-order valence-corrected chi connectivity index (χ1v) is 8.86. The molecule has 0 spiro atoms. The van der Waals surface area contributed by atoms with E-state index in [1.165, 1.54) is 5.69 Å². The number of para-hydroxylation sites is 1. The van der Waals surface area contributed by atoms with Gasteiger partial charge in [-0.15, -0.1) is 0 Å². The molecule has 1 aliphatic heterocycles. The molecule has 3 rings (SSSR count). The highest BCUT2D eigenvalue weighted by Gasteiger charge is 2.25. The van der Waals surface area contributed by atoms with Crippen LogP contribution in [0.4, 0.5) is 10.5 Å². The molecule has 0 radical (unpaired) electrons. The Bertz CT molecular complexity index is 696. The number of benzene rings is 1. The fourth-order valence-corrected chi connectivity index (χ4v) is 3.30. The van der Waals surface area contributed by atoms with Gasteiger partial charge >= 0.3 is 6.03 Å². The molecule has 0 unspecified atom stereocenters. The van der Waals surface area contributed by atoms with Crippen LogP contribution in [0.1, 0.15) is 24.1 Å². The standard InChI is InChI=1S/C20H26N4O/c1-16-7-6-12-21-19(16)15-22-20(25)24-13-10-18(11-14-24)23(2)17-8-4-3-5-9-17/h3-9,12,18H,10-11,13-15H2,1-2H3,(H,22,25). The van der Waals surface area contributed by atoms with Gasteiger partial charge in [0.15, 0.2) is 0 Å². The normalized spacial score (nSPS) is 15.0. The summed E-state index contributed by atoms with van der Waals surface area (Å²) in [6.45, 7) is 4.07. The van der Waals surface area contributed by atoms with Crippen LogP contribution in [-0.2, 0) is 6.54 Å². The van der Waals surface area contributed by atoms with Crippen molar-refractivity contribution in [2.45, 2.75) is 32.4 Å². The van der Waals surface area contributed by atoms with Crippen LogP contribution >= 0.6 is 0 Å². The molecule has 1 N–H and O–H groups in total. The molecule has 5 heteroatoms. The average Bonchev–Trinajstić information content (AvgIpc) is 2.67. The number of aryl methyl sites for hydroxylation is 1. The van der Waals surface area contributed by atoms with Gasteiger partial charge in [0.05, 0.1) is 12.2 Å². The van der Waals surface area contributed by atoms with Gasteiger partial charge in [0.25, 0.3) is 0 Å². The maximum atomic E-state index is 12.4. The summed E-state index contributed by atoms with van der Waals surface area (Å²) < 4.78 is 0. The lowest BCUT2D eigenvalue weighted by Gasteiger charge is -2.37. The Hall–Kier alpha value is -2.56. The number of pyridine rings is 1. The predicted octanol–water partition coefficient (Wildman–Crippen LogP) is 3.20. The minimum absolute atomic E-state index is 0.00543. The van der Waals surface area contributed by atoms with Crippen molar-refractivity contribution in [2.75, 3.05) is 25.0 Å². The van der Waals surface area contributed by atoms with E-state index in [4.69, 9.17) is 0 Å². The number of piperidine rings is 1. The number of hydrogen-bond donors (Lipinski definition) is 1. The smallest absolute Gasteiger partial charge is 0.317 e. The SMILES string of the molecule is Cc1cccnc1CNC(=O)N1CCC(N(C)c2ccccc2)CC1. The Labute approximate surface area is 149 Å². The first-order valence-electron chi connectivity index (χ1n) is 8.86. The largest absolute Gasteiger partial charge is 0.371 e. The highest BCUT2D eigenvalue weighted by molar-refractivity contribution is 5.74. The van der Waals surface area contributed by atoms with E-state index in [1.807, 2.05) is 30.0 Å². The second kappa shape index (κ2) is 8.01. The topological polar surface area (TPSA) is 48.5 Å². The van der Waals surface area contributed by atoms with Crippen molar-refractivity contribution >= 4 is 11.7 Å². The fraction of sp³-hybridized carbons (Fsp3) is 0.400. The summed E-state index contributed by atoms with van der Waals surface area (Å²) in [5.74, 6) is 0. The molecule has 2 amide bonds. The summed E-state index contributed by atoms with van der Waals surface area (Å²) in [6, 6.07) is 14.8. The van der Waals surface area contributed by atoms with Gasteiger partial charge in [0.2, 0.25) is 0 Å². The molecule has 0 bridgehead atoms. The van der Waals surface area contributed by atoms with Crippen LogP contribution in [0, 0.1) is 6.92 Å². The van der Waals surface area contributed by atoms with Crippen LogP contribution in [0.5, 0.6) is 0 Å². The number of nitrogens with zero attached hydrogens (tertiary/aromatic N) is 3. The zero-order valence-corrected chi connectivity index (χ0v) is 15.0. The number of anilines is 1. The van der Waals surface area contributed by atoms with E-state index in [0.717, 1.165) is 37.2 Å². The summed E-state index contributed by atoms with van der Waals surface area (Å²) in [6.07, 6.45) is 3.74. The number of amides is 2. The van der Waals surface area contributed by atoms with Crippen LogP contribution in [0.3, 0.4) is 0 Å². The number of likely N-dealkylation sites (tertiary alicyclic amines) is 1. The summed E-state index contributed by atoms with van der Waals surface area (Å²) >= 11 is 0. The average molecular weight is 338 g/mol. The van der Waals surface area contributed by atoms with Crippen molar-refractivity contribution in [3.8, 4) is 0 Å². The monoisotopic (exact) mass is 338 g/mol. The van der Waals surface area contributed by atoms with Gasteiger partial charge in [-0.1, -0.05) is 24.3 Å². The van der Waals surface area contributed by atoms with E-state index in [9.17, 15) is 4.79 Å². The summed E-state index contributed by atoms with van der Waals surface area (Å²) in [4.78, 5) is 21.0. The van der Waals surface area contributed by atoms with E-state index in [2.05, 4.69) is 46.5 Å². The van der Waals surface area contributed by atoms with Gasteiger partial charge in [0, 0.05) is 38.1 Å². The van der Waals surface area contributed by atoms with E-state index in [-0.39, 0.29) is 6.03 Å². The minimum Gasteiger partial charge on any atom is -0.371 e. The van der Waals surface area contributed by atoms with Crippen molar-refractivity contribution in [1.82, 2.24) is 15.2 Å². The van der Waals surface area contributed by atoms with Gasteiger partial charge in [-0.25, -0.2) is 4.79 Å². The molecule has 25 heavy (non-hydrogen) atoms.